The number of carboxylic acid groups (broad SMARTS) is 1. The molecule has 114 valence electrons. The third kappa shape index (κ3) is 2.88. The van der Waals surface area contributed by atoms with Crippen molar-refractivity contribution >= 4 is 28.7 Å². The van der Waals surface area contributed by atoms with E-state index in [4.69, 9.17) is 11.6 Å². The predicted molar refractivity (Wildman–Crippen MR) is 82.7 cm³/mol. The molecule has 2 heterocycles. The minimum atomic E-state index is -0.883. The van der Waals surface area contributed by atoms with Gasteiger partial charge in [-0.05, 0) is 12.0 Å². The third-order valence-electron chi connectivity index (χ3n) is 3.33. The number of nitrogens with zero attached hydrogens (tertiary/aromatic N) is 3. The van der Waals surface area contributed by atoms with Crippen LogP contribution in [0.2, 0.25) is 5.02 Å². The maximum Gasteiger partial charge on any atom is 0.327 e. The SMILES string of the molecule is CC(C)C(C(=O)O)n1c(C(C)(C)C)nc2cc(Cl)cnc21. The topological polar surface area (TPSA) is 68.0 Å². The number of halogens is 1. The Hall–Kier alpha value is -1.62. The summed E-state index contributed by atoms with van der Waals surface area (Å²) < 4.78 is 1.73. The van der Waals surface area contributed by atoms with E-state index < -0.39 is 12.0 Å². The lowest BCUT2D eigenvalue weighted by atomic mass is 9.94. The van der Waals surface area contributed by atoms with Crippen LogP contribution in [0.5, 0.6) is 0 Å². The van der Waals surface area contributed by atoms with E-state index in [1.807, 2.05) is 34.6 Å². The summed E-state index contributed by atoms with van der Waals surface area (Å²) >= 11 is 5.97. The summed E-state index contributed by atoms with van der Waals surface area (Å²) in [6.07, 6.45) is 1.52. The summed E-state index contributed by atoms with van der Waals surface area (Å²) in [7, 11) is 0. The van der Waals surface area contributed by atoms with Crippen molar-refractivity contribution in [3.8, 4) is 0 Å². The number of aliphatic carboxylic acids is 1. The van der Waals surface area contributed by atoms with Crippen LogP contribution in [-0.4, -0.2) is 25.6 Å². The Morgan fingerprint density at radius 3 is 2.48 bits per heavy atom. The summed E-state index contributed by atoms with van der Waals surface area (Å²) in [5.41, 5.74) is 0.889. The lowest BCUT2D eigenvalue weighted by Gasteiger charge is -2.26. The highest BCUT2D eigenvalue weighted by atomic mass is 35.5. The molecule has 6 heteroatoms. The van der Waals surface area contributed by atoms with Crippen molar-refractivity contribution < 1.29 is 9.90 Å². The Morgan fingerprint density at radius 2 is 2.00 bits per heavy atom. The van der Waals surface area contributed by atoms with Crippen LogP contribution in [0.25, 0.3) is 11.2 Å². The highest BCUT2D eigenvalue weighted by Crippen LogP contribution is 2.32. The summed E-state index contributed by atoms with van der Waals surface area (Å²) in [5, 5.41) is 10.1. The van der Waals surface area contributed by atoms with Gasteiger partial charge in [-0.15, -0.1) is 0 Å². The Kier molecular flexibility index (Phi) is 3.97. The van der Waals surface area contributed by atoms with Crippen molar-refractivity contribution in [2.75, 3.05) is 0 Å². The molecule has 0 spiro atoms. The van der Waals surface area contributed by atoms with E-state index in [2.05, 4.69) is 9.97 Å². The maximum atomic E-state index is 11.7. The van der Waals surface area contributed by atoms with Crippen molar-refractivity contribution in [2.45, 2.75) is 46.1 Å². The maximum absolute atomic E-state index is 11.7. The molecule has 0 aliphatic rings. The average Bonchev–Trinajstić information content (AvgIpc) is 2.66. The number of hydrogen-bond acceptors (Lipinski definition) is 3. The van der Waals surface area contributed by atoms with E-state index in [-0.39, 0.29) is 11.3 Å². The van der Waals surface area contributed by atoms with Gasteiger partial charge in [0.15, 0.2) is 5.65 Å². The number of pyridine rings is 1. The highest BCUT2D eigenvalue weighted by molar-refractivity contribution is 6.31. The molecule has 2 aromatic rings. The van der Waals surface area contributed by atoms with E-state index in [0.717, 1.165) is 0 Å². The Morgan fingerprint density at radius 1 is 1.38 bits per heavy atom. The van der Waals surface area contributed by atoms with E-state index in [9.17, 15) is 9.90 Å². The van der Waals surface area contributed by atoms with Crippen molar-refractivity contribution in [1.82, 2.24) is 14.5 Å². The van der Waals surface area contributed by atoms with Gasteiger partial charge in [0.25, 0.3) is 0 Å². The van der Waals surface area contributed by atoms with Gasteiger partial charge in [-0.3, -0.25) is 4.57 Å². The Bertz CT molecular complexity index is 686. The molecule has 1 N–H and O–H groups in total. The quantitative estimate of drug-likeness (QED) is 0.939. The van der Waals surface area contributed by atoms with Crippen molar-refractivity contribution in [3.05, 3.63) is 23.1 Å². The minimum Gasteiger partial charge on any atom is -0.480 e. The zero-order chi connectivity index (χ0) is 15.9. The standard InChI is InChI=1S/C15H20ClN3O2/c1-8(2)11(13(20)21)19-12-10(6-9(16)7-17-12)18-14(19)15(3,4)5/h6-8,11H,1-5H3,(H,20,21). The van der Waals surface area contributed by atoms with Gasteiger partial charge in [-0.2, -0.15) is 0 Å². The smallest absolute Gasteiger partial charge is 0.327 e. The molecular weight excluding hydrogens is 290 g/mol. The summed E-state index contributed by atoms with van der Waals surface area (Å²) in [5.74, 6) is -0.265. The molecule has 0 bridgehead atoms. The van der Waals surface area contributed by atoms with Gasteiger partial charge in [0.05, 0.1) is 5.02 Å². The molecule has 1 atom stereocenters. The van der Waals surface area contributed by atoms with Crippen LogP contribution < -0.4 is 0 Å². The van der Waals surface area contributed by atoms with Gasteiger partial charge in [-0.1, -0.05) is 46.2 Å². The molecule has 0 aliphatic carbocycles. The van der Waals surface area contributed by atoms with Crippen LogP contribution in [0, 0.1) is 5.92 Å². The van der Waals surface area contributed by atoms with E-state index >= 15 is 0 Å². The minimum absolute atomic E-state index is 0.0847. The largest absolute Gasteiger partial charge is 0.480 e. The van der Waals surface area contributed by atoms with Crippen LogP contribution in [0.3, 0.4) is 0 Å². The van der Waals surface area contributed by atoms with Crippen LogP contribution >= 0.6 is 11.6 Å². The number of fused-ring (bicyclic) bond motifs is 1. The molecule has 1 unspecified atom stereocenters. The molecule has 0 saturated carbocycles. The number of hydrogen-bond donors (Lipinski definition) is 1. The van der Waals surface area contributed by atoms with Crippen LogP contribution in [0.15, 0.2) is 12.3 Å². The van der Waals surface area contributed by atoms with Gasteiger partial charge in [-0.25, -0.2) is 14.8 Å². The first-order valence-corrected chi connectivity index (χ1v) is 7.27. The molecule has 0 fully saturated rings. The third-order valence-corrected chi connectivity index (χ3v) is 3.54. The highest BCUT2D eigenvalue weighted by Gasteiger charge is 2.32. The first-order chi connectivity index (χ1) is 9.62. The summed E-state index contributed by atoms with van der Waals surface area (Å²) in [6.45, 7) is 9.78. The van der Waals surface area contributed by atoms with Gasteiger partial charge >= 0.3 is 5.97 Å². The van der Waals surface area contributed by atoms with Crippen molar-refractivity contribution in [2.24, 2.45) is 5.92 Å². The number of imidazole rings is 1. The zero-order valence-corrected chi connectivity index (χ0v) is 13.6. The molecule has 2 aromatic heterocycles. The van der Waals surface area contributed by atoms with E-state index in [1.54, 1.807) is 10.6 Å². The normalized spacial score (nSPS) is 13.9. The molecule has 0 amide bonds. The van der Waals surface area contributed by atoms with Crippen LogP contribution in [0.4, 0.5) is 0 Å². The summed E-state index contributed by atoms with van der Waals surface area (Å²) in [6, 6.07) is 1.01. The second kappa shape index (κ2) is 5.30. The lowest BCUT2D eigenvalue weighted by Crippen LogP contribution is -2.30. The first-order valence-electron chi connectivity index (χ1n) is 6.89. The predicted octanol–water partition coefficient (Wildman–Crippen LogP) is 3.66. The van der Waals surface area contributed by atoms with Gasteiger partial charge in [0.1, 0.15) is 17.4 Å². The van der Waals surface area contributed by atoms with Gasteiger partial charge in [0.2, 0.25) is 0 Å². The number of rotatable bonds is 3. The fraction of sp³-hybridized carbons (Fsp3) is 0.533. The average molecular weight is 310 g/mol. The Labute approximate surface area is 129 Å². The van der Waals surface area contributed by atoms with E-state index in [0.29, 0.717) is 22.0 Å². The molecule has 0 saturated heterocycles. The van der Waals surface area contributed by atoms with Crippen molar-refractivity contribution in [1.29, 1.82) is 0 Å². The fourth-order valence-corrected chi connectivity index (χ4v) is 2.60. The monoisotopic (exact) mass is 309 g/mol. The van der Waals surface area contributed by atoms with E-state index in [1.165, 1.54) is 6.20 Å². The van der Waals surface area contributed by atoms with Crippen LogP contribution in [-0.2, 0) is 10.2 Å². The van der Waals surface area contributed by atoms with Crippen molar-refractivity contribution in [3.63, 3.8) is 0 Å². The molecule has 0 aliphatic heterocycles. The Balaban J connectivity index is 2.83. The lowest BCUT2D eigenvalue weighted by molar-refractivity contribution is -0.142. The second-order valence-electron chi connectivity index (χ2n) is 6.58. The number of aromatic nitrogens is 3. The number of carbonyl (C=O) groups is 1. The second-order valence-corrected chi connectivity index (χ2v) is 7.02. The molecule has 5 nitrogen and oxygen atoms in total. The molecule has 0 aromatic carbocycles. The zero-order valence-electron chi connectivity index (χ0n) is 12.9. The summed E-state index contributed by atoms with van der Waals surface area (Å²) in [4.78, 5) is 20.6. The first kappa shape index (κ1) is 15.8. The van der Waals surface area contributed by atoms with Crippen LogP contribution in [0.1, 0.15) is 46.5 Å². The van der Waals surface area contributed by atoms with Gasteiger partial charge < -0.3 is 5.11 Å². The molecule has 21 heavy (non-hydrogen) atoms. The molecule has 0 radical (unpaired) electrons. The molecular formula is C15H20ClN3O2. The fourth-order valence-electron chi connectivity index (χ4n) is 2.44. The van der Waals surface area contributed by atoms with Gasteiger partial charge in [0, 0.05) is 11.6 Å². The molecule has 2 rings (SSSR count). The number of carboxylic acids is 1.